The molecule has 2 N–H and O–H groups in total. The van der Waals surface area contributed by atoms with E-state index in [1.807, 2.05) is 62.4 Å². The standard InChI is InChI=1S/C21H22N4O/c1-14-8-7-11-18(15(14)2)25-21(26)19-12-20(24-16(3)23-19)22-13-17-9-5-4-6-10-17/h4-12H,13H2,1-3H3,(H,25,26)(H,22,23,24). The fraction of sp³-hybridized carbons (Fsp3) is 0.190. The molecule has 1 amide bonds. The third kappa shape index (κ3) is 4.25. The lowest BCUT2D eigenvalue weighted by Crippen LogP contribution is -2.16. The van der Waals surface area contributed by atoms with Crippen molar-refractivity contribution in [2.75, 3.05) is 10.6 Å². The van der Waals surface area contributed by atoms with Gasteiger partial charge in [0.2, 0.25) is 0 Å². The zero-order valence-electron chi connectivity index (χ0n) is 15.2. The van der Waals surface area contributed by atoms with Crippen molar-refractivity contribution in [3.63, 3.8) is 0 Å². The van der Waals surface area contributed by atoms with Crippen molar-refractivity contribution in [2.24, 2.45) is 0 Å². The molecule has 0 spiro atoms. The average molecular weight is 346 g/mol. The van der Waals surface area contributed by atoms with Crippen LogP contribution in [0.25, 0.3) is 0 Å². The van der Waals surface area contributed by atoms with Gasteiger partial charge in [0.15, 0.2) is 0 Å². The molecule has 5 heteroatoms. The summed E-state index contributed by atoms with van der Waals surface area (Å²) in [6, 6.07) is 17.6. The van der Waals surface area contributed by atoms with Crippen LogP contribution < -0.4 is 10.6 Å². The second-order valence-corrected chi connectivity index (χ2v) is 6.23. The minimum Gasteiger partial charge on any atom is -0.366 e. The summed E-state index contributed by atoms with van der Waals surface area (Å²) in [7, 11) is 0. The number of rotatable bonds is 5. The van der Waals surface area contributed by atoms with E-state index in [2.05, 4.69) is 20.6 Å². The van der Waals surface area contributed by atoms with Crippen molar-refractivity contribution in [2.45, 2.75) is 27.3 Å². The van der Waals surface area contributed by atoms with Crippen molar-refractivity contribution in [1.82, 2.24) is 9.97 Å². The third-order valence-corrected chi connectivity index (χ3v) is 4.24. The molecule has 0 radical (unpaired) electrons. The second-order valence-electron chi connectivity index (χ2n) is 6.23. The Morgan fingerprint density at radius 2 is 1.73 bits per heavy atom. The van der Waals surface area contributed by atoms with E-state index in [4.69, 9.17) is 0 Å². The van der Waals surface area contributed by atoms with Crippen molar-refractivity contribution in [3.8, 4) is 0 Å². The van der Waals surface area contributed by atoms with Gasteiger partial charge >= 0.3 is 0 Å². The number of benzene rings is 2. The maximum absolute atomic E-state index is 12.6. The summed E-state index contributed by atoms with van der Waals surface area (Å²) in [6.45, 7) is 6.42. The van der Waals surface area contributed by atoms with Crippen LogP contribution in [0.1, 0.15) is 33.0 Å². The van der Waals surface area contributed by atoms with Gasteiger partial charge in [-0.3, -0.25) is 4.79 Å². The molecule has 0 saturated carbocycles. The Bertz CT molecular complexity index is 923. The van der Waals surface area contributed by atoms with Crippen LogP contribution >= 0.6 is 0 Å². The van der Waals surface area contributed by atoms with E-state index < -0.39 is 0 Å². The summed E-state index contributed by atoms with van der Waals surface area (Å²) in [4.78, 5) is 21.3. The van der Waals surface area contributed by atoms with E-state index in [0.717, 1.165) is 22.4 Å². The average Bonchev–Trinajstić information content (AvgIpc) is 2.64. The largest absolute Gasteiger partial charge is 0.366 e. The first-order chi connectivity index (χ1) is 12.5. The first kappa shape index (κ1) is 17.6. The molecule has 0 aliphatic carbocycles. The van der Waals surface area contributed by atoms with Gasteiger partial charge in [-0.25, -0.2) is 9.97 Å². The van der Waals surface area contributed by atoms with Crippen LogP contribution in [0.4, 0.5) is 11.5 Å². The van der Waals surface area contributed by atoms with E-state index in [1.54, 1.807) is 13.0 Å². The highest BCUT2D eigenvalue weighted by atomic mass is 16.1. The van der Waals surface area contributed by atoms with Gasteiger partial charge in [0, 0.05) is 18.3 Å². The minimum atomic E-state index is -0.244. The minimum absolute atomic E-state index is 0.244. The second kappa shape index (κ2) is 7.78. The van der Waals surface area contributed by atoms with Gasteiger partial charge in [0.1, 0.15) is 17.3 Å². The normalized spacial score (nSPS) is 10.4. The van der Waals surface area contributed by atoms with E-state index in [0.29, 0.717) is 23.9 Å². The zero-order valence-corrected chi connectivity index (χ0v) is 15.2. The number of aromatic nitrogens is 2. The zero-order chi connectivity index (χ0) is 18.5. The van der Waals surface area contributed by atoms with Gasteiger partial charge in [-0.1, -0.05) is 42.5 Å². The Labute approximate surface area is 153 Å². The van der Waals surface area contributed by atoms with Gasteiger partial charge < -0.3 is 10.6 Å². The molecule has 26 heavy (non-hydrogen) atoms. The van der Waals surface area contributed by atoms with Gasteiger partial charge in [-0.2, -0.15) is 0 Å². The summed E-state index contributed by atoms with van der Waals surface area (Å²) in [5, 5.41) is 6.19. The summed E-state index contributed by atoms with van der Waals surface area (Å²) in [6.07, 6.45) is 0. The lowest BCUT2D eigenvalue weighted by Gasteiger charge is -2.11. The van der Waals surface area contributed by atoms with Crippen molar-refractivity contribution >= 4 is 17.4 Å². The molecule has 0 bridgehead atoms. The summed E-state index contributed by atoms with van der Waals surface area (Å²) >= 11 is 0. The fourth-order valence-electron chi connectivity index (χ4n) is 2.64. The Kier molecular flexibility index (Phi) is 5.27. The van der Waals surface area contributed by atoms with Crippen LogP contribution in [-0.4, -0.2) is 15.9 Å². The number of hydrogen-bond donors (Lipinski definition) is 2. The van der Waals surface area contributed by atoms with E-state index in [-0.39, 0.29) is 5.91 Å². The lowest BCUT2D eigenvalue weighted by atomic mass is 10.1. The molecule has 0 aliphatic rings. The predicted molar refractivity (Wildman–Crippen MR) is 104 cm³/mol. The number of hydrogen-bond acceptors (Lipinski definition) is 4. The van der Waals surface area contributed by atoms with Crippen molar-refractivity contribution < 1.29 is 4.79 Å². The number of nitrogens with zero attached hydrogens (tertiary/aromatic N) is 2. The summed E-state index contributed by atoms with van der Waals surface area (Å²) in [5.74, 6) is 0.939. The molecule has 0 atom stereocenters. The Hall–Kier alpha value is -3.21. The van der Waals surface area contributed by atoms with Crippen LogP contribution in [0.2, 0.25) is 0 Å². The molecular weight excluding hydrogens is 324 g/mol. The summed E-state index contributed by atoms with van der Waals surface area (Å²) in [5.41, 5.74) is 4.46. The fourth-order valence-corrected chi connectivity index (χ4v) is 2.64. The van der Waals surface area contributed by atoms with Crippen LogP contribution in [0.5, 0.6) is 0 Å². The smallest absolute Gasteiger partial charge is 0.274 e. The maximum Gasteiger partial charge on any atom is 0.274 e. The first-order valence-electron chi connectivity index (χ1n) is 8.54. The predicted octanol–water partition coefficient (Wildman–Crippen LogP) is 4.27. The molecule has 0 saturated heterocycles. The van der Waals surface area contributed by atoms with E-state index >= 15 is 0 Å². The molecule has 3 aromatic rings. The Morgan fingerprint density at radius 1 is 0.962 bits per heavy atom. The Balaban J connectivity index is 1.76. The van der Waals surface area contributed by atoms with Crippen LogP contribution in [0.3, 0.4) is 0 Å². The van der Waals surface area contributed by atoms with Crippen LogP contribution in [0, 0.1) is 20.8 Å². The van der Waals surface area contributed by atoms with Gasteiger partial charge in [-0.15, -0.1) is 0 Å². The van der Waals surface area contributed by atoms with Gasteiger partial charge in [0.05, 0.1) is 0 Å². The highest BCUT2D eigenvalue weighted by Gasteiger charge is 2.12. The molecule has 1 aromatic heterocycles. The first-order valence-corrected chi connectivity index (χ1v) is 8.54. The highest BCUT2D eigenvalue weighted by Crippen LogP contribution is 2.19. The SMILES string of the molecule is Cc1nc(NCc2ccccc2)cc(C(=O)Nc2cccc(C)c2C)n1. The van der Waals surface area contributed by atoms with Crippen LogP contribution in [0.15, 0.2) is 54.6 Å². The number of aryl methyl sites for hydroxylation is 2. The van der Waals surface area contributed by atoms with E-state index in [1.165, 1.54) is 0 Å². The lowest BCUT2D eigenvalue weighted by molar-refractivity contribution is 0.102. The third-order valence-electron chi connectivity index (χ3n) is 4.24. The maximum atomic E-state index is 12.6. The number of anilines is 2. The van der Waals surface area contributed by atoms with Crippen LogP contribution in [-0.2, 0) is 6.54 Å². The topological polar surface area (TPSA) is 66.9 Å². The molecular formula is C21H22N4O. The van der Waals surface area contributed by atoms with Gasteiger partial charge in [0.25, 0.3) is 5.91 Å². The molecule has 5 nitrogen and oxygen atoms in total. The number of carbonyl (C=O) groups is 1. The molecule has 1 heterocycles. The molecule has 0 fully saturated rings. The van der Waals surface area contributed by atoms with Crippen molar-refractivity contribution in [1.29, 1.82) is 0 Å². The molecule has 2 aromatic carbocycles. The molecule has 0 unspecified atom stereocenters. The highest BCUT2D eigenvalue weighted by molar-refractivity contribution is 6.03. The van der Waals surface area contributed by atoms with Gasteiger partial charge in [-0.05, 0) is 43.5 Å². The Morgan fingerprint density at radius 3 is 2.50 bits per heavy atom. The van der Waals surface area contributed by atoms with Crippen molar-refractivity contribution in [3.05, 3.63) is 82.8 Å². The number of nitrogens with one attached hydrogen (secondary N) is 2. The summed E-state index contributed by atoms with van der Waals surface area (Å²) < 4.78 is 0. The molecule has 0 aliphatic heterocycles. The quantitative estimate of drug-likeness (QED) is 0.724. The number of carbonyl (C=O) groups excluding carboxylic acids is 1. The molecule has 132 valence electrons. The van der Waals surface area contributed by atoms with E-state index in [9.17, 15) is 4.79 Å². The number of amides is 1. The monoisotopic (exact) mass is 346 g/mol. The molecule has 3 rings (SSSR count).